The van der Waals surface area contributed by atoms with Crippen molar-refractivity contribution >= 4 is 75.7 Å². The number of hydrogen-bond acceptors (Lipinski definition) is 2. The van der Waals surface area contributed by atoms with E-state index in [4.69, 9.17) is 8.83 Å². The molecule has 6 aromatic carbocycles. The Morgan fingerprint density at radius 2 is 1.02 bits per heavy atom. The Balaban J connectivity index is 1.59. The predicted octanol–water partition coefficient (Wildman–Crippen LogP) is 11.8. The van der Waals surface area contributed by atoms with Crippen LogP contribution >= 0.6 is 31.9 Å². The first-order valence-corrected chi connectivity index (χ1v) is 15.5. The fourth-order valence-electron chi connectivity index (χ4n) is 7.19. The lowest BCUT2D eigenvalue weighted by molar-refractivity contribution is 0.613. The summed E-state index contributed by atoms with van der Waals surface area (Å²) in [5.41, 5.74) is 5.40. The molecular formula is C37H17Br2F3O2. The average Bonchev–Trinajstić information content (AvgIpc) is 3.66. The van der Waals surface area contributed by atoms with Crippen LogP contribution in [-0.4, -0.2) is 0 Å². The Morgan fingerprint density at radius 3 is 1.61 bits per heavy atom. The highest BCUT2D eigenvalue weighted by molar-refractivity contribution is 9.11. The van der Waals surface area contributed by atoms with Crippen molar-refractivity contribution in [2.24, 2.45) is 0 Å². The van der Waals surface area contributed by atoms with Crippen LogP contribution in [0.5, 0.6) is 0 Å². The third-order valence-electron chi connectivity index (χ3n) is 8.83. The molecule has 8 aromatic rings. The Bertz CT molecular complexity index is 2480. The SMILES string of the molecule is Fc1cccc(C2(c3cccc(F)c3)c3cc(Br)c4c(oc5ccccc54)c3-c3c2cc(Br)c2c3oc3ccc(F)cc32)c1. The standard InChI is InChI=1S/C37H17Br2F3O2/c38-27-16-25-33(35-31(27)23-9-1-2-10-29(23)43-35)34-26(17-28(39)32-24-15-22(42)11-12-30(24)44-36(32)34)37(25,18-5-3-7-20(40)13-18)19-6-4-8-21(41)14-19/h1-17H. The van der Waals surface area contributed by atoms with Gasteiger partial charge >= 0.3 is 0 Å². The molecule has 0 fully saturated rings. The van der Waals surface area contributed by atoms with Crippen LogP contribution in [0.25, 0.3) is 55.0 Å². The first kappa shape index (κ1) is 26.1. The quantitative estimate of drug-likeness (QED) is 0.179. The molecule has 2 heterocycles. The van der Waals surface area contributed by atoms with Gasteiger partial charge in [-0.2, -0.15) is 0 Å². The van der Waals surface area contributed by atoms with E-state index in [0.717, 1.165) is 37.5 Å². The van der Waals surface area contributed by atoms with Crippen LogP contribution in [0.4, 0.5) is 13.2 Å². The van der Waals surface area contributed by atoms with Gasteiger partial charge in [0.1, 0.15) is 39.8 Å². The van der Waals surface area contributed by atoms with Gasteiger partial charge in [-0.05, 0) is 82.9 Å². The Kier molecular flexibility index (Phi) is 5.40. The lowest BCUT2D eigenvalue weighted by Gasteiger charge is -2.34. The van der Waals surface area contributed by atoms with Crippen molar-refractivity contribution in [2.45, 2.75) is 5.41 Å². The second-order valence-corrected chi connectivity index (χ2v) is 12.8. The molecule has 0 bridgehead atoms. The van der Waals surface area contributed by atoms with Crippen LogP contribution in [0.15, 0.2) is 121 Å². The van der Waals surface area contributed by atoms with Crippen molar-refractivity contribution in [2.75, 3.05) is 0 Å². The summed E-state index contributed by atoms with van der Waals surface area (Å²) < 4.78 is 59.5. The van der Waals surface area contributed by atoms with Crippen LogP contribution in [0.3, 0.4) is 0 Å². The Labute approximate surface area is 265 Å². The lowest BCUT2D eigenvalue weighted by Crippen LogP contribution is -2.29. The van der Waals surface area contributed by atoms with Gasteiger partial charge in [-0.15, -0.1) is 0 Å². The molecule has 44 heavy (non-hydrogen) atoms. The molecule has 7 heteroatoms. The number of fused-ring (bicyclic) bond motifs is 11. The fraction of sp³-hybridized carbons (Fsp3) is 0.0270. The van der Waals surface area contributed by atoms with Crippen LogP contribution in [-0.2, 0) is 5.41 Å². The average molecular weight is 710 g/mol. The van der Waals surface area contributed by atoms with Crippen molar-refractivity contribution in [1.82, 2.24) is 0 Å². The van der Waals surface area contributed by atoms with Crippen molar-refractivity contribution in [1.29, 1.82) is 0 Å². The van der Waals surface area contributed by atoms with Crippen molar-refractivity contribution < 1.29 is 22.0 Å². The van der Waals surface area contributed by atoms with Crippen molar-refractivity contribution in [3.63, 3.8) is 0 Å². The molecule has 0 saturated carbocycles. The summed E-state index contributed by atoms with van der Waals surface area (Å²) in [6.45, 7) is 0. The number of halogens is 5. The van der Waals surface area contributed by atoms with Crippen LogP contribution in [0, 0.1) is 17.5 Å². The van der Waals surface area contributed by atoms with E-state index >= 15 is 8.78 Å². The molecule has 0 radical (unpaired) electrons. The van der Waals surface area contributed by atoms with Gasteiger partial charge in [0, 0.05) is 41.6 Å². The minimum absolute atomic E-state index is 0.384. The minimum Gasteiger partial charge on any atom is -0.455 e. The molecule has 212 valence electrons. The summed E-state index contributed by atoms with van der Waals surface area (Å²) in [6, 6.07) is 29.0. The highest BCUT2D eigenvalue weighted by Crippen LogP contribution is 2.62. The third kappa shape index (κ3) is 3.31. The van der Waals surface area contributed by atoms with Crippen LogP contribution in [0.1, 0.15) is 22.3 Å². The zero-order valence-corrected chi connectivity index (χ0v) is 25.7. The van der Waals surface area contributed by atoms with E-state index in [1.807, 2.05) is 48.5 Å². The normalized spacial score (nSPS) is 13.8. The molecule has 1 aliphatic carbocycles. The van der Waals surface area contributed by atoms with Gasteiger partial charge in [0.25, 0.3) is 0 Å². The van der Waals surface area contributed by atoms with E-state index in [1.54, 1.807) is 18.2 Å². The molecule has 0 atom stereocenters. The van der Waals surface area contributed by atoms with Gasteiger partial charge < -0.3 is 8.83 Å². The summed E-state index contributed by atoms with van der Waals surface area (Å²) in [4.78, 5) is 0. The highest BCUT2D eigenvalue weighted by atomic mass is 79.9. The maximum absolute atomic E-state index is 15.2. The molecular weight excluding hydrogens is 693 g/mol. The van der Waals surface area contributed by atoms with Gasteiger partial charge in [-0.1, -0.05) is 74.3 Å². The Hall–Kier alpha value is -4.33. The molecule has 0 N–H and O–H groups in total. The number of hydrogen-bond donors (Lipinski definition) is 0. The van der Waals surface area contributed by atoms with E-state index in [9.17, 15) is 4.39 Å². The summed E-state index contributed by atoms with van der Waals surface area (Å²) >= 11 is 7.61. The highest BCUT2D eigenvalue weighted by Gasteiger charge is 2.50. The molecule has 0 saturated heterocycles. The third-order valence-corrected chi connectivity index (χ3v) is 10.1. The van der Waals surface area contributed by atoms with Crippen LogP contribution < -0.4 is 0 Å². The molecule has 1 aliphatic rings. The van der Waals surface area contributed by atoms with E-state index in [0.29, 0.717) is 48.7 Å². The second kappa shape index (κ2) is 9.10. The van der Waals surface area contributed by atoms with Gasteiger partial charge in [0.05, 0.1) is 5.41 Å². The first-order chi connectivity index (χ1) is 21.4. The molecule has 2 nitrogen and oxygen atoms in total. The Morgan fingerprint density at radius 1 is 0.500 bits per heavy atom. The minimum atomic E-state index is -1.18. The van der Waals surface area contributed by atoms with Gasteiger partial charge in [0.2, 0.25) is 0 Å². The topological polar surface area (TPSA) is 26.3 Å². The zero-order chi connectivity index (χ0) is 29.9. The first-order valence-electron chi connectivity index (χ1n) is 13.9. The number of para-hydroxylation sites is 1. The smallest absolute Gasteiger partial charge is 0.144 e. The molecule has 0 unspecified atom stereocenters. The van der Waals surface area contributed by atoms with Crippen LogP contribution in [0.2, 0.25) is 0 Å². The summed E-state index contributed by atoms with van der Waals surface area (Å²) in [6.07, 6.45) is 0. The lowest BCUT2D eigenvalue weighted by atomic mass is 9.67. The summed E-state index contributed by atoms with van der Waals surface area (Å²) in [5.74, 6) is -1.22. The molecule has 0 amide bonds. The summed E-state index contributed by atoms with van der Waals surface area (Å²) in [5, 5.41) is 3.11. The number of rotatable bonds is 2. The second-order valence-electron chi connectivity index (χ2n) is 11.1. The van der Waals surface area contributed by atoms with E-state index < -0.39 is 17.0 Å². The molecule has 0 aliphatic heterocycles. The number of furan rings is 2. The monoisotopic (exact) mass is 708 g/mol. The van der Waals surface area contributed by atoms with E-state index in [-0.39, 0.29) is 5.82 Å². The fourth-order valence-corrected chi connectivity index (χ4v) is 8.44. The number of benzene rings is 6. The van der Waals surface area contributed by atoms with Crippen molar-refractivity contribution in [3.8, 4) is 11.1 Å². The van der Waals surface area contributed by atoms with Gasteiger partial charge in [-0.3, -0.25) is 0 Å². The van der Waals surface area contributed by atoms with Crippen molar-refractivity contribution in [3.05, 3.63) is 152 Å². The predicted molar refractivity (Wildman–Crippen MR) is 174 cm³/mol. The maximum atomic E-state index is 15.2. The largest absolute Gasteiger partial charge is 0.455 e. The van der Waals surface area contributed by atoms with E-state index in [1.165, 1.54) is 36.4 Å². The molecule has 2 aromatic heterocycles. The zero-order valence-electron chi connectivity index (χ0n) is 22.5. The summed E-state index contributed by atoms with van der Waals surface area (Å²) in [7, 11) is 0. The van der Waals surface area contributed by atoms with Gasteiger partial charge in [0.15, 0.2) is 0 Å². The maximum Gasteiger partial charge on any atom is 0.144 e. The molecule has 0 spiro atoms. The van der Waals surface area contributed by atoms with E-state index in [2.05, 4.69) is 31.9 Å². The van der Waals surface area contributed by atoms with Gasteiger partial charge in [-0.25, -0.2) is 13.2 Å². The molecule has 9 rings (SSSR count).